The third-order valence-electron chi connectivity index (χ3n) is 5.02. The lowest BCUT2D eigenvalue weighted by Crippen LogP contribution is -2.46. The van der Waals surface area contributed by atoms with Crippen molar-refractivity contribution in [3.05, 3.63) is 11.6 Å². The van der Waals surface area contributed by atoms with E-state index in [0.29, 0.717) is 13.0 Å². The highest BCUT2D eigenvalue weighted by Gasteiger charge is 2.54. The van der Waals surface area contributed by atoms with Gasteiger partial charge >= 0.3 is 11.9 Å². The molecule has 22 heavy (non-hydrogen) atoms. The second-order valence-corrected chi connectivity index (χ2v) is 6.89. The molecule has 4 aliphatic rings. The molecule has 4 rings (SSSR count). The van der Waals surface area contributed by atoms with Gasteiger partial charge in [-0.3, -0.25) is 9.59 Å². The maximum absolute atomic E-state index is 12.0. The molecule has 0 aromatic heterocycles. The second kappa shape index (κ2) is 4.88. The zero-order chi connectivity index (χ0) is 15.5. The smallest absolute Gasteiger partial charge is 0.320 e. The van der Waals surface area contributed by atoms with Crippen LogP contribution in [0.2, 0.25) is 0 Å². The van der Waals surface area contributed by atoms with Gasteiger partial charge in [0.25, 0.3) is 0 Å². The van der Waals surface area contributed by atoms with E-state index in [0.717, 1.165) is 18.4 Å². The molecular formula is C16H20O6. The largest absolute Gasteiger partial charge is 0.393 e. The average molecular weight is 308 g/mol. The molecule has 1 aliphatic carbocycles. The SMILES string of the molecule is CC1(C)OC[C@@H]([C@H]2CCC3=CC[C@@H]4C(=O)OC(=O)[C@@H]4[C@@H]3O2)O1. The molecule has 3 fully saturated rings. The van der Waals surface area contributed by atoms with E-state index in [1.807, 2.05) is 19.9 Å². The van der Waals surface area contributed by atoms with Gasteiger partial charge in [0.05, 0.1) is 24.7 Å². The van der Waals surface area contributed by atoms with Crippen LogP contribution in [0.5, 0.6) is 0 Å². The van der Waals surface area contributed by atoms with Gasteiger partial charge in [0.1, 0.15) is 12.0 Å². The molecule has 0 amide bonds. The Balaban J connectivity index is 1.53. The molecule has 3 aliphatic heterocycles. The summed E-state index contributed by atoms with van der Waals surface area (Å²) in [6.07, 6.45) is 3.70. The van der Waals surface area contributed by atoms with Crippen molar-refractivity contribution in [2.24, 2.45) is 11.8 Å². The number of cyclic esters (lactones) is 2. The predicted octanol–water partition coefficient (Wildman–Crippen LogP) is 1.33. The Kier molecular flexibility index (Phi) is 3.18. The van der Waals surface area contributed by atoms with E-state index in [9.17, 15) is 9.59 Å². The van der Waals surface area contributed by atoms with Crippen molar-refractivity contribution in [1.82, 2.24) is 0 Å². The molecule has 0 unspecified atom stereocenters. The Bertz CT molecular complexity index is 551. The van der Waals surface area contributed by atoms with Crippen molar-refractivity contribution in [2.45, 2.75) is 57.2 Å². The van der Waals surface area contributed by atoms with Crippen molar-refractivity contribution < 1.29 is 28.5 Å². The maximum atomic E-state index is 12.0. The zero-order valence-corrected chi connectivity index (χ0v) is 12.7. The van der Waals surface area contributed by atoms with Crippen molar-refractivity contribution in [3.63, 3.8) is 0 Å². The summed E-state index contributed by atoms with van der Waals surface area (Å²) in [4.78, 5) is 23.7. The number of hydrogen-bond donors (Lipinski definition) is 0. The summed E-state index contributed by atoms with van der Waals surface area (Å²) in [5, 5.41) is 0. The third kappa shape index (κ3) is 2.21. The molecule has 3 saturated heterocycles. The molecule has 3 heterocycles. The fraction of sp³-hybridized carbons (Fsp3) is 0.750. The highest BCUT2D eigenvalue weighted by atomic mass is 16.7. The summed E-state index contributed by atoms with van der Waals surface area (Å²) < 4.78 is 22.5. The van der Waals surface area contributed by atoms with Crippen molar-refractivity contribution in [1.29, 1.82) is 0 Å². The maximum Gasteiger partial charge on any atom is 0.320 e. The van der Waals surface area contributed by atoms with Gasteiger partial charge < -0.3 is 18.9 Å². The fourth-order valence-electron chi connectivity index (χ4n) is 3.91. The minimum Gasteiger partial charge on any atom is -0.393 e. The van der Waals surface area contributed by atoms with Crippen LogP contribution < -0.4 is 0 Å². The van der Waals surface area contributed by atoms with Crippen molar-refractivity contribution in [2.75, 3.05) is 6.61 Å². The highest BCUT2D eigenvalue weighted by molar-refractivity contribution is 5.97. The minimum atomic E-state index is -0.596. The number of ether oxygens (including phenoxy) is 4. The van der Waals surface area contributed by atoms with Crippen LogP contribution in [0.3, 0.4) is 0 Å². The molecule has 5 atom stereocenters. The van der Waals surface area contributed by atoms with Crippen LogP contribution in [0.25, 0.3) is 0 Å². The van der Waals surface area contributed by atoms with Gasteiger partial charge in [-0.1, -0.05) is 6.08 Å². The van der Waals surface area contributed by atoms with Gasteiger partial charge in [-0.2, -0.15) is 0 Å². The number of rotatable bonds is 1. The average Bonchev–Trinajstić information content (AvgIpc) is 2.98. The van der Waals surface area contributed by atoms with Gasteiger partial charge in [0.15, 0.2) is 5.79 Å². The topological polar surface area (TPSA) is 71.1 Å². The van der Waals surface area contributed by atoms with Gasteiger partial charge in [-0.15, -0.1) is 0 Å². The number of fused-ring (bicyclic) bond motifs is 3. The first-order chi connectivity index (χ1) is 10.4. The lowest BCUT2D eigenvalue weighted by molar-refractivity contribution is -0.173. The number of esters is 2. The molecule has 0 radical (unpaired) electrons. The summed E-state index contributed by atoms with van der Waals surface area (Å²) in [7, 11) is 0. The minimum absolute atomic E-state index is 0.119. The van der Waals surface area contributed by atoms with Gasteiger partial charge in [-0.05, 0) is 38.7 Å². The Morgan fingerprint density at radius 2 is 2.00 bits per heavy atom. The van der Waals surface area contributed by atoms with Gasteiger partial charge in [0, 0.05) is 0 Å². The number of hydrogen-bond acceptors (Lipinski definition) is 6. The monoisotopic (exact) mass is 308 g/mol. The van der Waals surface area contributed by atoms with Crippen LogP contribution in [-0.2, 0) is 28.5 Å². The van der Waals surface area contributed by atoms with E-state index in [4.69, 9.17) is 18.9 Å². The normalized spacial score (nSPS) is 43.4. The predicted molar refractivity (Wildman–Crippen MR) is 73.6 cm³/mol. The lowest BCUT2D eigenvalue weighted by Gasteiger charge is -2.39. The van der Waals surface area contributed by atoms with Crippen LogP contribution in [-0.4, -0.2) is 42.6 Å². The quantitative estimate of drug-likeness (QED) is 0.413. The molecule has 0 aromatic rings. The summed E-state index contributed by atoms with van der Waals surface area (Å²) in [5.41, 5.74) is 1.11. The molecule has 0 spiro atoms. The first-order valence-corrected chi connectivity index (χ1v) is 7.86. The Morgan fingerprint density at radius 3 is 2.73 bits per heavy atom. The Labute approximate surface area is 128 Å². The number of carbonyl (C=O) groups excluding carboxylic acids is 2. The third-order valence-corrected chi connectivity index (χ3v) is 5.02. The van der Waals surface area contributed by atoms with Gasteiger partial charge in [0.2, 0.25) is 0 Å². The van der Waals surface area contributed by atoms with E-state index in [-0.39, 0.29) is 18.3 Å². The first-order valence-electron chi connectivity index (χ1n) is 7.86. The molecule has 6 nitrogen and oxygen atoms in total. The molecule has 0 N–H and O–H groups in total. The summed E-state index contributed by atoms with van der Waals surface area (Å²) in [5.74, 6) is -2.35. The Hall–Kier alpha value is -1.24. The summed E-state index contributed by atoms with van der Waals surface area (Å²) >= 11 is 0. The molecule has 0 bridgehead atoms. The van der Waals surface area contributed by atoms with E-state index >= 15 is 0 Å². The van der Waals surface area contributed by atoms with Crippen LogP contribution in [0, 0.1) is 11.8 Å². The molecule has 0 aromatic carbocycles. The molecule has 120 valence electrons. The van der Waals surface area contributed by atoms with Crippen molar-refractivity contribution >= 4 is 11.9 Å². The van der Waals surface area contributed by atoms with Gasteiger partial charge in [-0.25, -0.2) is 0 Å². The van der Waals surface area contributed by atoms with E-state index in [1.165, 1.54) is 0 Å². The Morgan fingerprint density at radius 1 is 1.18 bits per heavy atom. The van der Waals surface area contributed by atoms with E-state index in [1.54, 1.807) is 0 Å². The second-order valence-electron chi connectivity index (χ2n) is 6.89. The van der Waals surface area contributed by atoms with Crippen LogP contribution in [0.1, 0.15) is 33.1 Å². The lowest BCUT2D eigenvalue weighted by atomic mass is 9.76. The molecule has 0 saturated carbocycles. The van der Waals surface area contributed by atoms with Crippen LogP contribution >= 0.6 is 0 Å². The van der Waals surface area contributed by atoms with Crippen LogP contribution in [0.4, 0.5) is 0 Å². The first kappa shape index (κ1) is 14.4. The van der Waals surface area contributed by atoms with E-state index < -0.39 is 29.6 Å². The van der Waals surface area contributed by atoms with Crippen molar-refractivity contribution in [3.8, 4) is 0 Å². The standard InChI is InChI=1S/C16H20O6/c1-16(2)19-7-11(22-16)10-6-4-8-3-5-9-12(13(8)20-10)15(18)21-14(9)17/h3,9-13H,4-7H2,1-2H3/t9-,10+,11-,12-,13+/m0/s1. The fourth-order valence-corrected chi connectivity index (χ4v) is 3.91. The molecule has 6 heteroatoms. The van der Waals surface area contributed by atoms with E-state index in [2.05, 4.69) is 0 Å². The number of allylic oxidation sites excluding steroid dienone is 1. The summed E-state index contributed by atoms with van der Waals surface area (Å²) in [6.45, 7) is 4.25. The van der Waals surface area contributed by atoms with Crippen LogP contribution in [0.15, 0.2) is 11.6 Å². The number of carbonyl (C=O) groups is 2. The highest BCUT2D eigenvalue weighted by Crippen LogP contribution is 2.43. The summed E-state index contributed by atoms with van der Waals surface area (Å²) in [6, 6.07) is 0. The molecular weight excluding hydrogens is 288 g/mol. The zero-order valence-electron chi connectivity index (χ0n) is 12.7.